The quantitative estimate of drug-likeness (QED) is 0.873. The zero-order chi connectivity index (χ0) is 15.2. The molecule has 108 valence electrons. The third kappa shape index (κ3) is 3.66. The van der Waals surface area contributed by atoms with Gasteiger partial charge in [0.05, 0.1) is 12.7 Å². The van der Waals surface area contributed by atoms with E-state index >= 15 is 0 Å². The van der Waals surface area contributed by atoms with Crippen LogP contribution in [-0.4, -0.2) is 24.0 Å². The van der Waals surface area contributed by atoms with E-state index in [2.05, 4.69) is 15.0 Å². The highest BCUT2D eigenvalue weighted by atomic mass is 16.5. The van der Waals surface area contributed by atoms with Crippen LogP contribution in [0.25, 0.3) is 0 Å². The Balaban J connectivity index is 2.05. The molecule has 1 aromatic carbocycles. The van der Waals surface area contributed by atoms with Crippen LogP contribution in [0.4, 0.5) is 0 Å². The second kappa shape index (κ2) is 6.65. The summed E-state index contributed by atoms with van der Waals surface area (Å²) in [4.78, 5) is 27.5. The van der Waals surface area contributed by atoms with Crippen molar-refractivity contribution in [3.05, 3.63) is 65.0 Å². The summed E-state index contributed by atoms with van der Waals surface area (Å²) in [6.07, 6.45) is 3.03. The summed E-state index contributed by atoms with van der Waals surface area (Å²) in [5.41, 5.74) is 2.64. The Morgan fingerprint density at radius 2 is 2.00 bits per heavy atom. The lowest BCUT2D eigenvalue weighted by Crippen LogP contribution is -2.23. The number of methoxy groups -OCH3 is 1. The molecule has 1 heterocycles. The van der Waals surface area contributed by atoms with Gasteiger partial charge in [0.1, 0.15) is 0 Å². The van der Waals surface area contributed by atoms with Gasteiger partial charge in [-0.15, -0.1) is 0 Å². The molecule has 1 N–H and O–H groups in total. The number of aryl methyl sites for hydroxylation is 1. The fourth-order valence-electron chi connectivity index (χ4n) is 1.92. The third-order valence-corrected chi connectivity index (χ3v) is 3.06. The Morgan fingerprint density at radius 1 is 1.24 bits per heavy atom. The van der Waals surface area contributed by atoms with Crippen molar-refractivity contribution < 1.29 is 14.3 Å². The molecule has 0 aliphatic rings. The van der Waals surface area contributed by atoms with Crippen LogP contribution in [0.2, 0.25) is 0 Å². The predicted molar refractivity (Wildman–Crippen MR) is 77.9 cm³/mol. The SMILES string of the molecule is COC(=O)c1cncc(CNC(=O)c2ccccc2C)c1. The number of benzene rings is 1. The molecule has 0 saturated heterocycles. The molecule has 2 aromatic rings. The first-order chi connectivity index (χ1) is 10.1. The monoisotopic (exact) mass is 284 g/mol. The number of carbonyl (C=O) groups is 2. The van der Waals surface area contributed by atoms with Gasteiger partial charge in [-0.3, -0.25) is 9.78 Å². The van der Waals surface area contributed by atoms with Gasteiger partial charge in [0.15, 0.2) is 0 Å². The molecule has 0 aliphatic carbocycles. The summed E-state index contributed by atoms with van der Waals surface area (Å²) in [5, 5.41) is 2.81. The van der Waals surface area contributed by atoms with Gasteiger partial charge in [-0.2, -0.15) is 0 Å². The highest BCUT2D eigenvalue weighted by Crippen LogP contribution is 2.08. The first kappa shape index (κ1) is 14.7. The van der Waals surface area contributed by atoms with Gasteiger partial charge in [-0.25, -0.2) is 4.79 Å². The van der Waals surface area contributed by atoms with Crippen molar-refractivity contribution in [2.75, 3.05) is 7.11 Å². The topological polar surface area (TPSA) is 68.3 Å². The molecule has 0 atom stereocenters. The molecule has 1 aromatic heterocycles. The van der Waals surface area contributed by atoms with Gasteiger partial charge >= 0.3 is 5.97 Å². The average molecular weight is 284 g/mol. The minimum Gasteiger partial charge on any atom is -0.465 e. The predicted octanol–water partition coefficient (Wildman–Crippen LogP) is 2.11. The van der Waals surface area contributed by atoms with Crippen molar-refractivity contribution in [2.24, 2.45) is 0 Å². The molecule has 0 bridgehead atoms. The molecule has 5 nitrogen and oxygen atoms in total. The minimum atomic E-state index is -0.449. The van der Waals surface area contributed by atoms with Crippen LogP contribution in [0.3, 0.4) is 0 Å². The Hall–Kier alpha value is -2.69. The Bertz CT molecular complexity index is 668. The van der Waals surface area contributed by atoms with Crippen molar-refractivity contribution in [2.45, 2.75) is 13.5 Å². The maximum absolute atomic E-state index is 12.1. The van der Waals surface area contributed by atoms with Crippen LogP contribution in [-0.2, 0) is 11.3 Å². The van der Waals surface area contributed by atoms with Crippen LogP contribution < -0.4 is 5.32 Å². The van der Waals surface area contributed by atoms with Gasteiger partial charge in [0.2, 0.25) is 0 Å². The lowest BCUT2D eigenvalue weighted by atomic mass is 10.1. The van der Waals surface area contributed by atoms with Crippen molar-refractivity contribution >= 4 is 11.9 Å². The summed E-state index contributed by atoms with van der Waals surface area (Å²) < 4.78 is 4.64. The standard InChI is InChI=1S/C16H16N2O3/c1-11-5-3-4-6-14(11)15(19)18-9-12-7-13(10-17-8-12)16(20)21-2/h3-8,10H,9H2,1-2H3,(H,18,19). The first-order valence-electron chi connectivity index (χ1n) is 6.48. The lowest BCUT2D eigenvalue weighted by molar-refractivity contribution is 0.0600. The Morgan fingerprint density at radius 3 is 2.71 bits per heavy atom. The number of rotatable bonds is 4. The molecule has 1 amide bonds. The molecular formula is C16H16N2O3. The summed E-state index contributed by atoms with van der Waals surface area (Å²) in [5.74, 6) is -0.605. The number of carbonyl (C=O) groups excluding carboxylic acids is 2. The molecule has 0 unspecified atom stereocenters. The third-order valence-electron chi connectivity index (χ3n) is 3.06. The Kier molecular flexibility index (Phi) is 4.66. The number of hydrogen-bond donors (Lipinski definition) is 1. The van der Waals surface area contributed by atoms with Crippen molar-refractivity contribution in [1.82, 2.24) is 10.3 Å². The first-order valence-corrected chi connectivity index (χ1v) is 6.48. The summed E-state index contributed by atoms with van der Waals surface area (Å²) in [7, 11) is 1.31. The fourth-order valence-corrected chi connectivity index (χ4v) is 1.92. The van der Waals surface area contributed by atoms with Crippen LogP contribution in [0, 0.1) is 6.92 Å². The molecule has 2 rings (SSSR count). The van der Waals surface area contributed by atoms with Gasteiger partial charge < -0.3 is 10.1 Å². The van der Waals surface area contributed by atoms with Crippen molar-refractivity contribution in [3.63, 3.8) is 0 Å². The van der Waals surface area contributed by atoms with Crippen molar-refractivity contribution in [1.29, 1.82) is 0 Å². The van der Waals surface area contributed by atoms with Crippen molar-refractivity contribution in [3.8, 4) is 0 Å². The number of pyridine rings is 1. The minimum absolute atomic E-state index is 0.156. The second-order valence-corrected chi connectivity index (χ2v) is 4.57. The van der Waals surface area contributed by atoms with E-state index in [1.54, 1.807) is 18.3 Å². The molecule has 0 radical (unpaired) electrons. The number of esters is 1. The van der Waals surface area contributed by atoms with Crippen LogP contribution >= 0.6 is 0 Å². The van der Waals surface area contributed by atoms with E-state index in [0.29, 0.717) is 17.7 Å². The van der Waals surface area contributed by atoms with E-state index in [9.17, 15) is 9.59 Å². The molecule has 0 saturated carbocycles. The number of nitrogens with zero attached hydrogens (tertiary/aromatic N) is 1. The van der Waals surface area contributed by atoms with Crippen LogP contribution in [0.5, 0.6) is 0 Å². The van der Waals surface area contributed by atoms with Gasteiger partial charge in [-0.05, 0) is 30.2 Å². The number of amides is 1. The number of nitrogens with one attached hydrogen (secondary N) is 1. The second-order valence-electron chi connectivity index (χ2n) is 4.57. The van der Waals surface area contributed by atoms with E-state index in [0.717, 1.165) is 11.1 Å². The van der Waals surface area contributed by atoms with E-state index < -0.39 is 5.97 Å². The van der Waals surface area contributed by atoms with Gasteiger partial charge in [0.25, 0.3) is 5.91 Å². The summed E-state index contributed by atoms with van der Waals surface area (Å²) in [6.45, 7) is 2.18. The fraction of sp³-hybridized carbons (Fsp3) is 0.188. The highest BCUT2D eigenvalue weighted by molar-refractivity contribution is 5.95. The number of ether oxygens (including phenoxy) is 1. The van der Waals surface area contributed by atoms with E-state index in [1.165, 1.54) is 13.3 Å². The molecule has 5 heteroatoms. The number of hydrogen-bond acceptors (Lipinski definition) is 4. The van der Waals surface area contributed by atoms with E-state index in [4.69, 9.17) is 0 Å². The lowest BCUT2D eigenvalue weighted by Gasteiger charge is -2.08. The molecule has 0 aliphatic heterocycles. The molecular weight excluding hydrogens is 268 g/mol. The van der Waals surface area contributed by atoms with E-state index in [-0.39, 0.29) is 5.91 Å². The van der Waals surface area contributed by atoms with E-state index in [1.807, 2.05) is 25.1 Å². The maximum atomic E-state index is 12.1. The zero-order valence-electron chi connectivity index (χ0n) is 11.9. The van der Waals surface area contributed by atoms with Gasteiger partial charge in [0, 0.05) is 24.5 Å². The van der Waals surface area contributed by atoms with Crippen LogP contribution in [0.1, 0.15) is 31.8 Å². The normalized spacial score (nSPS) is 10.0. The summed E-state index contributed by atoms with van der Waals surface area (Å²) in [6, 6.07) is 9.01. The van der Waals surface area contributed by atoms with Crippen LogP contribution in [0.15, 0.2) is 42.7 Å². The number of aromatic nitrogens is 1. The Labute approximate surface area is 123 Å². The molecule has 21 heavy (non-hydrogen) atoms. The van der Waals surface area contributed by atoms with Gasteiger partial charge in [-0.1, -0.05) is 18.2 Å². The largest absolute Gasteiger partial charge is 0.465 e. The smallest absolute Gasteiger partial charge is 0.339 e. The highest BCUT2D eigenvalue weighted by Gasteiger charge is 2.09. The molecule has 0 spiro atoms. The maximum Gasteiger partial charge on any atom is 0.339 e. The average Bonchev–Trinajstić information content (AvgIpc) is 2.52. The molecule has 0 fully saturated rings. The zero-order valence-corrected chi connectivity index (χ0v) is 11.9. The summed E-state index contributed by atoms with van der Waals surface area (Å²) >= 11 is 0.